The Bertz CT molecular complexity index is 466. The van der Waals surface area contributed by atoms with Gasteiger partial charge in [-0.1, -0.05) is 0 Å². The van der Waals surface area contributed by atoms with E-state index in [0.717, 1.165) is 19.5 Å². The number of benzene rings is 1. The molecule has 0 aliphatic carbocycles. The van der Waals surface area contributed by atoms with Gasteiger partial charge in [0.15, 0.2) is 0 Å². The van der Waals surface area contributed by atoms with Crippen molar-refractivity contribution >= 4 is 5.91 Å². The van der Waals surface area contributed by atoms with Crippen LogP contribution >= 0.6 is 0 Å². The summed E-state index contributed by atoms with van der Waals surface area (Å²) in [4.78, 5) is 13.6. The number of amides is 1. The van der Waals surface area contributed by atoms with E-state index in [1.54, 1.807) is 6.07 Å². The summed E-state index contributed by atoms with van der Waals surface area (Å²) >= 11 is 0. The Morgan fingerprint density at radius 2 is 2.32 bits per heavy atom. The van der Waals surface area contributed by atoms with E-state index in [-0.39, 0.29) is 5.82 Å². The van der Waals surface area contributed by atoms with Gasteiger partial charge in [0.05, 0.1) is 0 Å². The number of hydrogen-bond donors (Lipinski definition) is 3. The molecule has 6 heteroatoms. The minimum absolute atomic E-state index is 0.301. The maximum Gasteiger partial charge on any atom is 0.265 e. The Balaban J connectivity index is 2.09. The van der Waals surface area contributed by atoms with E-state index in [4.69, 9.17) is 11.6 Å². The molecule has 0 bridgehead atoms. The van der Waals surface area contributed by atoms with Crippen LogP contribution in [0.4, 0.5) is 4.39 Å². The Kier molecular flexibility index (Phi) is 4.47. The molecule has 1 atom stereocenters. The number of carbonyl (C=O) groups excluding carboxylic acids is 1. The zero-order valence-electron chi connectivity index (χ0n) is 10.7. The van der Waals surface area contributed by atoms with Crippen LogP contribution in [0.5, 0.6) is 0 Å². The lowest BCUT2D eigenvalue weighted by Gasteiger charge is -2.16. The standard InChI is InChI=1S/C13H19FN4O/c14-12-2-1-10(13(19)17-16)5-11(12)8-18-4-3-9(6-15)7-18/h1-2,5,9H,3-4,6-8,15-16H2,(H,17,19). The lowest BCUT2D eigenvalue weighted by Crippen LogP contribution is -2.30. The molecule has 1 saturated heterocycles. The second kappa shape index (κ2) is 6.10. The van der Waals surface area contributed by atoms with Gasteiger partial charge in [0.25, 0.3) is 5.91 Å². The normalized spacial score (nSPS) is 19.6. The first kappa shape index (κ1) is 13.9. The molecule has 1 heterocycles. The summed E-state index contributed by atoms with van der Waals surface area (Å²) in [5.74, 6) is 4.84. The molecule has 2 rings (SSSR count). The molecule has 1 fully saturated rings. The van der Waals surface area contributed by atoms with E-state index < -0.39 is 5.91 Å². The SMILES string of the molecule is NCC1CCN(Cc2cc(C(=O)NN)ccc2F)C1. The number of nitrogens with one attached hydrogen (secondary N) is 1. The molecule has 5 nitrogen and oxygen atoms in total. The van der Waals surface area contributed by atoms with E-state index in [1.165, 1.54) is 12.1 Å². The van der Waals surface area contributed by atoms with Crippen LogP contribution in [0.25, 0.3) is 0 Å². The van der Waals surface area contributed by atoms with Crippen molar-refractivity contribution in [1.29, 1.82) is 0 Å². The number of halogens is 1. The minimum Gasteiger partial charge on any atom is -0.330 e. The third kappa shape index (κ3) is 3.28. The van der Waals surface area contributed by atoms with Gasteiger partial charge in [0.1, 0.15) is 5.82 Å². The zero-order chi connectivity index (χ0) is 13.8. The lowest BCUT2D eigenvalue weighted by atomic mass is 10.1. The zero-order valence-corrected chi connectivity index (χ0v) is 10.7. The molecular formula is C13H19FN4O. The van der Waals surface area contributed by atoms with Gasteiger partial charge in [0, 0.05) is 24.2 Å². The smallest absolute Gasteiger partial charge is 0.265 e. The maximum absolute atomic E-state index is 13.8. The maximum atomic E-state index is 13.8. The molecule has 1 aliphatic heterocycles. The predicted molar refractivity (Wildman–Crippen MR) is 70.5 cm³/mol. The van der Waals surface area contributed by atoms with E-state index in [1.807, 2.05) is 5.43 Å². The number of nitrogens with zero attached hydrogens (tertiary/aromatic N) is 1. The summed E-state index contributed by atoms with van der Waals surface area (Å²) in [6.45, 7) is 2.94. The third-order valence-corrected chi connectivity index (χ3v) is 3.54. The minimum atomic E-state index is -0.414. The van der Waals surface area contributed by atoms with Crippen molar-refractivity contribution in [1.82, 2.24) is 10.3 Å². The third-order valence-electron chi connectivity index (χ3n) is 3.54. The monoisotopic (exact) mass is 266 g/mol. The fraction of sp³-hybridized carbons (Fsp3) is 0.462. The number of nitrogens with two attached hydrogens (primary N) is 2. The highest BCUT2D eigenvalue weighted by atomic mass is 19.1. The van der Waals surface area contributed by atoms with Crippen molar-refractivity contribution in [3.63, 3.8) is 0 Å². The molecular weight excluding hydrogens is 247 g/mol. The Labute approximate surface area is 111 Å². The second-order valence-corrected chi connectivity index (χ2v) is 4.91. The van der Waals surface area contributed by atoms with Gasteiger partial charge in [-0.15, -0.1) is 0 Å². The quantitative estimate of drug-likeness (QED) is 0.413. The van der Waals surface area contributed by atoms with Crippen LogP contribution in [0.1, 0.15) is 22.3 Å². The van der Waals surface area contributed by atoms with Crippen LogP contribution in [0.3, 0.4) is 0 Å². The highest BCUT2D eigenvalue weighted by Crippen LogP contribution is 2.19. The van der Waals surface area contributed by atoms with Crippen LogP contribution < -0.4 is 17.0 Å². The summed E-state index contributed by atoms with van der Waals surface area (Å²) in [6, 6.07) is 4.28. The highest BCUT2D eigenvalue weighted by molar-refractivity contribution is 5.93. The number of nitrogen functional groups attached to an aromatic ring is 1. The molecule has 0 radical (unpaired) electrons. The molecule has 0 aromatic heterocycles. The number of likely N-dealkylation sites (tertiary alicyclic amines) is 1. The molecule has 0 saturated carbocycles. The molecule has 1 unspecified atom stereocenters. The number of hydrazine groups is 1. The van der Waals surface area contributed by atoms with Crippen molar-refractivity contribution < 1.29 is 9.18 Å². The average molecular weight is 266 g/mol. The first-order chi connectivity index (χ1) is 9.13. The van der Waals surface area contributed by atoms with E-state index >= 15 is 0 Å². The number of hydrogen-bond acceptors (Lipinski definition) is 4. The van der Waals surface area contributed by atoms with Gasteiger partial charge in [-0.3, -0.25) is 15.1 Å². The lowest BCUT2D eigenvalue weighted by molar-refractivity contribution is 0.0953. The number of rotatable bonds is 4. The molecule has 19 heavy (non-hydrogen) atoms. The Morgan fingerprint density at radius 1 is 1.53 bits per heavy atom. The van der Waals surface area contributed by atoms with Gasteiger partial charge in [0.2, 0.25) is 0 Å². The molecule has 1 amide bonds. The average Bonchev–Trinajstić information content (AvgIpc) is 2.88. The molecule has 5 N–H and O–H groups in total. The van der Waals surface area contributed by atoms with Gasteiger partial charge in [-0.2, -0.15) is 0 Å². The van der Waals surface area contributed by atoms with E-state index in [0.29, 0.717) is 30.1 Å². The molecule has 0 spiro atoms. The van der Waals surface area contributed by atoms with Crippen molar-refractivity contribution in [2.24, 2.45) is 17.5 Å². The van der Waals surface area contributed by atoms with Crippen LogP contribution in [0.2, 0.25) is 0 Å². The Hall–Kier alpha value is -1.50. The fourth-order valence-electron chi connectivity index (χ4n) is 2.41. The fourth-order valence-corrected chi connectivity index (χ4v) is 2.41. The molecule has 104 valence electrons. The van der Waals surface area contributed by atoms with Crippen molar-refractivity contribution in [3.8, 4) is 0 Å². The van der Waals surface area contributed by atoms with Crippen molar-refractivity contribution in [2.45, 2.75) is 13.0 Å². The van der Waals surface area contributed by atoms with Crippen LogP contribution in [0, 0.1) is 11.7 Å². The largest absolute Gasteiger partial charge is 0.330 e. The van der Waals surface area contributed by atoms with E-state index in [9.17, 15) is 9.18 Å². The summed E-state index contributed by atoms with van der Waals surface area (Å²) in [6.07, 6.45) is 1.04. The first-order valence-corrected chi connectivity index (χ1v) is 6.36. The molecule has 1 aliphatic rings. The molecule has 1 aromatic carbocycles. The van der Waals surface area contributed by atoms with Crippen LogP contribution in [-0.4, -0.2) is 30.4 Å². The number of carbonyl (C=O) groups is 1. The van der Waals surface area contributed by atoms with Crippen LogP contribution in [0.15, 0.2) is 18.2 Å². The topological polar surface area (TPSA) is 84.4 Å². The van der Waals surface area contributed by atoms with Crippen LogP contribution in [-0.2, 0) is 6.54 Å². The summed E-state index contributed by atoms with van der Waals surface area (Å²) in [7, 11) is 0. The predicted octanol–water partition coefficient (Wildman–Crippen LogP) is 0.210. The van der Waals surface area contributed by atoms with Gasteiger partial charge < -0.3 is 5.73 Å². The Morgan fingerprint density at radius 3 is 2.95 bits per heavy atom. The molecule has 1 aromatic rings. The van der Waals surface area contributed by atoms with Gasteiger partial charge in [-0.25, -0.2) is 10.2 Å². The summed E-state index contributed by atoms with van der Waals surface area (Å²) in [5.41, 5.74) is 8.56. The van der Waals surface area contributed by atoms with Crippen molar-refractivity contribution in [2.75, 3.05) is 19.6 Å². The van der Waals surface area contributed by atoms with Gasteiger partial charge in [-0.05, 0) is 43.6 Å². The van der Waals surface area contributed by atoms with E-state index in [2.05, 4.69) is 4.90 Å². The summed E-state index contributed by atoms with van der Waals surface area (Å²) in [5, 5.41) is 0. The summed E-state index contributed by atoms with van der Waals surface area (Å²) < 4.78 is 13.8. The van der Waals surface area contributed by atoms with Gasteiger partial charge >= 0.3 is 0 Å². The first-order valence-electron chi connectivity index (χ1n) is 6.36. The van der Waals surface area contributed by atoms with Crippen molar-refractivity contribution in [3.05, 3.63) is 35.1 Å². The highest BCUT2D eigenvalue weighted by Gasteiger charge is 2.22. The second-order valence-electron chi connectivity index (χ2n) is 4.91.